The molecule has 0 aliphatic rings. The predicted molar refractivity (Wildman–Crippen MR) is 63.2 cm³/mol. The van der Waals surface area contributed by atoms with Gasteiger partial charge in [-0.15, -0.1) is 0 Å². The Kier molecular flexibility index (Phi) is 3.51. The van der Waals surface area contributed by atoms with Crippen molar-refractivity contribution in [2.45, 2.75) is 13.3 Å². The number of anilines is 1. The number of aryl methyl sites for hydroxylation is 1. The highest BCUT2D eigenvalue weighted by atomic mass is 79.9. The molecule has 0 saturated heterocycles. The van der Waals surface area contributed by atoms with Crippen molar-refractivity contribution in [2.75, 3.05) is 11.9 Å². The molecule has 0 aromatic carbocycles. The molecule has 1 N–H and O–H groups in total. The van der Waals surface area contributed by atoms with E-state index in [1.807, 2.05) is 13.0 Å². The summed E-state index contributed by atoms with van der Waals surface area (Å²) in [6.07, 6.45) is 3.83. The maximum atomic E-state index is 4.64. The summed E-state index contributed by atoms with van der Waals surface area (Å²) in [5.74, 6) is 1.55. The molecule has 0 aliphatic heterocycles. The van der Waals surface area contributed by atoms with Gasteiger partial charge in [0.2, 0.25) is 6.39 Å². The number of pyridine rings is 1. The molecule has 0 spiro atoms. The van der Waals surface area contributed by atoms with Crippen LogP contribution in [0.4, 0.5) is 5.82 Å². The molecule has 84 valence electrons. The van der Waals surface area contributed by atoms with Crippen LogP contribution < -0.4 is 5.32 Å². The lowest BCUT2D eigenvalue weighted by Crippen LogP contribution is -2.07. The van der Waals surface area contributed by atoms with Crippen molar-refractivity contribution in [2.24, 2.45) is 0 Å². The minimum absolute atomic E-state index is 0.696. The van der Waals surface area contributed by atoms with Crippen molar-refractivity contribution in [3.8, 4) is 0 Å². The molecule has 16 heavy (non-hydrogen) atoms. The quantitative estimate of drug-likeness (QED) is 0.931. The Bertz CT molecular complexity index is 458. The second-order valence-corrected chi connectivity index (χ2v) is 4.20. The first-order valence-corrected chi connectivity index (χ1v) is 5.66. The lowest BCUT2D eigenvalue weighted by Gasteiger charge is -2.05. The van der Waals surface area contributed by atoms with E-state index in [-0.39, 0.29) is 0 Å². The first kappa shape index (κ1) is 11.1. The summed E-state index contributed by atoms with van der Waals surface area (Å²) in [7, 11) is 0. The Morgan fingerprint density at radius 2 is 2.31 bits per heavy atom. The van der Waals surface area contributed by atoms with E-state index in [4.69, 9.17) is 0 Å². The minimum Gasteiger partial charge on any atom is -0.370 e. The molecular weight excluding hydrogens is 272 g/mol. The van der Waals surface area contributed by atoms with Gasteiger partial charge in [0.15, 0.2) is 5.82 Å². The molecule has 2 heterocycles. The minimum atomic E-state index is 0.696. The largest absolute Gasteiger partial charge is 0.370 e. The summed E-state index contributed by atoms with van der Waals surface area (Å²) in [6.45, 7) is 2.75. The Morgan fingerprint density at radius 3 is 3.00 bits per heavy atom. The van der Waals surface area contributed by atoms with Crippen LogP contribution in [0, 0.1) is 6.92 Å². The Balaban J connectivity index is 1.87. The molecule has 0 atom stereocenters. The van der Waals surface area contributed by atoms with Gasteiger partial charge >= 0.3 is 0 Å². The molecular formula is C10H11BrN4O. The third-order valence-corrected chi connectivity index (χ3v) is 2.94. The van der Waals surface area contributed by atoms with E-state index in [0.29, 0.717) is 12.2 Å². The van der Waals surface area contributed by atoms with Crippen molar-refractivity contribution in [1.82, 2.24) is 15.1 Å². The number of nitrogens with zero attached hydrogens (tertiary/aromatic N) is 3. The van der Waals surface area contributed by atoms with Gasteiger partial charge in [0.05, 0.1) is 0 Å². The van der Waals surface area contributed by atoms with Gasteiger partial charge in [0.1, 0.15) is 5.82 Å². The zero-order valence-corrected chi connectivity index (χ0v) is 10.4. The standard InChI is InChI=1S/C10H11BrN4O/c1-7-4-10(13-5-8(7)11)12-3-2-9-14-6-16-15-9/h4-6H,2-3H2,1H3,(H,12,13). The van der Waals surface area contributed by atoms with Gasteiger partial charge in [-0.3, -0.25) is 0 Å². The number of aromatic nitrogens is 3. The summed E-state index contributed by atoms with van der Waals surface area (Å²) >= 11 is 3.41. The summed E-state index contributed by atoms with van der Waals surface area (Å²) in [6, 6.07) is 1.99. The van der Waals surface area contributed by atoms with E-state index in [1.165, 1.54) is 6.39 Å². The van der Waals surface area contributed by atoms with Gasteiger partial charge in [-0.25, -0.2) is 4.98 Å². The van der Waals surface area contributed by atoms with E-state index < -0.39 is 0 Å². The van der Waals surface area contributed by atoms with Gasteiger partial charge in [0.25, 0.3) is 0 Å². The molecule has 6 heteroatoms. The lowest BCUT2D eigenvalue weighted by molar-refractivity contribution is 0.410. The molecule has 0 fully saturated rings. The topological polar surface area (TPSA) is 63.8 Å². The molecule has 0 radical (unpaired) electrons. The van der Waals surface area contributed by atoms with Crippen LogP contribution in [0.5, 0.6) is 0 Å². The highest BCUT2D eigenvalue weighted by Gasteiger charge is 2.00. The highest BCUT2D eigenvalue weighted by molar-refractivity contribution is 9.10. The van der Waals surface area contributed by atoms with Crippen LogP contribution in [0.25, 0.3) is 0 Å². The van der Waals surface area contributed by atoms with Crippen molar-refractivity contribution in [1.29, 1.82) is 0 Å². The number of rotatable bonds is 4. The van der Waals surface area contributed by atoms with Gasteiger partial charge in [-0.1, -0.05) is 5.16 Å². The second kappa shape index (κ2) is 5.07. The summed E-state index contributed by atoms with van der Waals surface area (Å²) < 4.78 is 5.65. The molecule has 5 nitrogen and oxygen atoms in total. The third kappa shape index (κ3) is 2.79. The van der Waals surface area contributed by atoms with Gasteiger partial charge in [-0.05, 0) is 34.5 Å². The Morgan fingerprint density at radius 1 is 1.44 bits per heavy atom. The SMILES string of the molecule is Cc1cc(NCCc2ncon2)ncc1Br. The normalized spacial score (nSPS) is 10.4. The van der Waals surface area contributed by atoms with Crippen molar-refractivity contribution < 1.29 is 4.52 Å². The summed E-state index contributed by atoms with van der Waals surface area (Å²) in [5.41, 5.74) is 1.15. The monoisotopic (exact) mass is 282 g/mol. The first-order chi connectivity index (χ1) is 7.75. The predicted octanol–water partition coefficient (Wildman–Crippen LogP) is 2.19. The van der Waals surface area contributed by atoms with Crippen LogP contribution in [0.15, 0.2) is 27.7 Å². The third-order valence-electron chi connectivity index (χ3n) is 2.11. The summed E-state index contributed by atoms with van der Waals surface area (Å²) in [5, 5.41) is 6.92. The first-order valence-electron chi connectivity index (χ1n) is 4.87. The molecule has 2 aromatic heterocycles. The molecule has 0 saturated carbocycles. The van der Waals surface area contributed by atoms with Gasteiger partial charge < -0.3 is 9.84 Å². The number of nitrogens with one attached hydrogen (secondary N) is 1. The molecule has 0 bridgehead atoms. The Hall–Kier alpha value is -1.43. The van der Waals surface area contributed by atoms with Crippen LogP contribution in [-0.4, -0.2) is 21.7 Å². The van der Waals surface area contributed by atoms with E-state index in [0.717, 1.165) is 22.4 Å². The average Bonchev–Trinajstić information content (AvgIpc) is 2.76. The smallest absolute Gasteiger partial charge is 0.213 e. The number of hydrogen-bond acceptors (Lipinski definition) is 5. The van der Waals surface area contributed by atoms with Crippen LogP contribution in [0.1, 0.15) is 11.4 Å². The number of hydrogen-bond donors (Lipinski definition) is 1. The van der Waals surface area contributed by atoms with Crippen molar-refractivity contribution in [3.05, 3.63) is 34.5 Å². The maximum absolute atomic E-state index is 4.64. The van der Waals surface area contributed by atoms with Crippen LogP contribution in [0.3, 0.4) is 0 Å². The van der Waals surface area contributed by atoms with Crippen molar-refractivity contribution in [3.63, 3.8) is 0 Å². The van der Waals surface area contributed by atoms with Crippen LogP contribution >= 0.6 is 15.9 Å². The van der Waals surface area contributed by atoms with E-state index in [1.54, 1.807) is 6.20 Å². The number of halogens is 1. The van der Waals surface area contributed by atoms with Crippen molar-refractivity contribution >= 4 is 21.7 Å². The molecule has 2 aromatic rings. The molecule has 0 amide bonds. The van der Waals surface area contributed by atoms with Crippen LogP contribution in [0.2, 0.25) is 0 Å². The van der Waals surface area contributed by atoms with E-state index in [2.05, 4.69) is 40.9 Å². The average molecular weight is 283 g/mol. The molecule has 0 unspecified atom stereocenters. The van der Waals surface area contributed by atoms with E-state index >= 15 is 0 Å². The second-order valence-electron chi connectivity index (χ2n) is 3.34. The Labute approximate surface area is 101 Å². The fraction of sp³-hybridized carbons (Fsp3) is 0.300. The van der Waals surface area contributed by atoms with Crippen LogP contribution in [-0.2, 0) is 6.42 Å². The zero-order chi connectivity index (χ0) is 11.4. The molecule has 2 rings (SSSR count). The van der Waals surface area contributed by atoms with Gasteiger partial charge in [-0.2, -0.15) is 4.98 Å². The fourth-order valence-electron chi connectivity index (χ4n) is 1.24. The van der Waals surface area contributed by atoms with Gasteiger partial charge in [0, 0.05) is 23.6 Å². The lowest BCUT2D eigenvalue weighted by atomic mass is 10.3. The highest BCUT2D eigenvalue weighted by Crippen LogP contribution is 2.16. The maximum Gasteiger partial charge on any atom is 0.213 e. The zero-order valence-electron chi connectivity index (χ0n) is 8.77. The van der Waals surface area contributed by atoms with E-state index in [9.17, 15) is 0 Å². The molecule has 0 aliphatic carbocycles. The summed E-state index contributed by atoms with van der Waals surface area (Å²) in [4.78, 5) is 8.17. The fourth-order valence-corrected chi connectivity index (χ4v) is 1.46.